The van der Waals surface area contributed by atoms with Crippen molar-refractivity contribution in [3.8, 4) is 0 Å². The molecule has 17 heavy (non-hydrogen) atoms. The molecule has 0 aliphatic carbocycles. The van der Waals surface area contributed by atoms with Gasteiger partial charge in [0.2, 0.25) is 0 Å². The number of hydrogen-bond donors (Lipinski definition) is 0. The zero-order valence-corrected chi connectivity index (χ0v) is 10.6. The molecule has 1 rings (SSSR count). The lowest BCUT2D eigenvalue weighted by atomic mass is 10.1. The van der Waals surface area contributed by atoms with Gasteiger partial charge in [0.05, 0.1) is 24.8 Å². The minimum atomic E-state index is -0.525. The first kappa shape index (κ1) is 13.3. The van der Waals surface area contributed by atoms with Crippen molar-refractivity contribution in [2.75, 3.05) is 13.7 Å². The molecule has 0 N–H and O–H groups in total. The molecule has 1 heterocycles. The Morgan fingerprint density at radius 1 is 1.29 bits per heavy atom. The van der Waals surface area contributed by atoms with E-state index in [4.69, 9.17) is 4.74 Å². The summed E-state index contributed by atoms with van der Waals surface area (Å²) in [4.78, 5) is 23.4. The number of aryl methyl sites for hydroxylation is 1. The zero-order chi connectivity index (χ0) is 13.0. The van der Waals surface area contributed by atoms with Crippen LogP contribution in [0.5, 0.6) is 0 Å². The first-order chi connectivity index (χ1) is 8.06. The second-order valence-electron chi connectivity index (χ2n) is 3.50. The van der Waals surface area contributed by atoms with Crippen molar-refractivity contribution >= 4 is 11.9 Å². The fourth-order valence-electron chi connectivity index (χ4n) is 1.71. The van der Waals surface area contributed by atoms with Crippen molar-refractivity contribution in [2.45, 2.75) is 27.3 Å². The van der Waals surface area contributed by atoms with Crippen molar-refractivity contribution in [3.63, 3.8) is 0 Å². The molecule has 0 bridgehead atoms. The van der Waals surface area contributed by atoms with Crippen molar-refractivity contribution < 1.29 is 19.1 Å². The third-order valence-electron chi connectivity index (χ3n) is 2.57. The summed E-state index contributed by atoms with van der Waals surface area (Å²) in [6, 6.07) is 0. The second kappa shape index (κ2) is 5.52. The third kappa shape index (κ3) is 2.49. The quantitative estimate of drug-likeness (QED) is 0.751. The minimum Gasteiger partial charge on any atom is -0.465 e. The predicted molar refractivity (Wildman–Crippen MR) is 62.1 cm³/mol. The summed E-state index contributed by atoms with van der Waals surface area (Å²) >= 11 is 0. The van der Waals surface area contributed by atoms with Crippen LogP contribution in [0.3, 0.4) is 0 Å². The predicted octanol–water partition coefficient (Wildman–Crippen LogP) is 1.78. The van der Waals surface area contributed by atoms with Gasteiger partial charge in [-0.25, -0.2) is 9.59 Å². The van der Waals surface area contributed by atoms with E-state index in [1.165, 1.54) is 7.11 Å². The van der Waals surface area contributed by atoms with Crippen LogP contribution < -0.4 is 0 Å². The number of rotatable bonds is 4. The van der Waals surface area contributed by atoms with Gasteiger partial charge in [-0.3, -0.25) is 0 Å². The summed E-state index contributed by atoms with van der Waals surface area (Å²) in [6.07, 6.45) is 1.62. The SMILES string of the molecule is CCOC(=O)c1c(C(=O)OC)cn(CC)c1C. The highest BCUT2D eigenvalue weighted by atomic mass is 16.5. The molecule has 0 aliphatic heterocycles. The Bertz CT molecular complexity index is 434. The average molecular weight is 239 g/mol. The Labute approximate surface area is 100 Å². The van der Waals surface area contributed by atoms with Crippen LogP contribution >= 0.6 is 0 Å². The van der Waals surface area contributed by atoms with Gasteiger partial charge < -0.3 is 14.0 Å². The lowest BCUT2D eigenvalue weighted by Gasteiger charge is -2.04. The molecule has 0 unspecified atom stereocenters. The van der Waals surface area contributed by atoms with E-state index >= 15 is 0 Å². The monoisotopic (exact) mass is 239 g/mol. The van der Waals surface area contributed by atoms with E-state index in [0.29, 0.717) is 17.8 Å². The molecule has 0 fully saturated rings. The summed E-state index contributed by atoms with van der Waals surface area (Å²) in [5.41, 5.74) is 1.26. The van der Waals surface area contributed by atoms with Crippen molar-refractivity contribution in [1.82, 2.24) is 4.57 Å². The Morgan fingerprint density at radius 2 is 1.94 bits per heavy atom. The molecule has 0 saturated heterocycles. The van der Waals surface area contributed by atoms with Crippen LogP contribution in [0.4, 0.5) is 0 Å². The van der Waals surface area contributed by atoms with Gasteiger partial charge in [0.15, 0.2) is 0 Å². The van der Waals surface area contributed by atoms with Crippen LogP contribution in [0, 0.1) is 6.92 Å². The minimum absolute atomic E-state index is 0.255. The first-order valence-electron chi connectivity index (χ1n) is 5.51. The highest BCUT2D eigenvalue weighted by Crippen LogP contribution is 2.19. The second-order valence-corrected chi connectivity index (χ2v) is 3.50. The fourth-order valence-corrected chi connectivity index (χ4v) is 1.71. The van der Waals surface area contributed by atoms with E-state index < -0.39 is 11.9 Å². The molecule has 0 aromatic carbocycles. The van der Waals surface area contributed by atoms with Gasteiger partial charge in [-0.15, -0.1) is 0 Å². The number of hydrogen-bond acceptors (Lipinski definition) is 4. The summed E-state index contributed by atoms with van der Waals surface area (Å²) in [5.74, 6) is -1.01. The molecular formula is C12H17NO4. The maximum atomic E-state index is 11.8. The molecule has 0 aliphatic rings. The van der Waals surface area contributed by atoms with Crippen LogP contribution in [0.2, 0.25) is 0 Å². The van der Waals surface area contributed by atoms with Crippen LogP contribution in [0.1, 0.15) is 40.3 Å². The zero-order valence-electron chi connectivity index (χ0n) is 10.6. The largest absolute Gasteiger partial charge is 0.465 e. The molecule has 5 nitrogen and oxygen atoms in total. The molecule has 0 atom stereocenters. The first-order valence-corrected chi connectivity index (χ1v) is 5.51. The van der Waals surface area contributed by atoms with E-state index in [1.807, 2.05) is 11.5 Å². The summed E-state index contributed by atoms with van der Waals surface area (Å²) in [6.45, 7) is 6.39. The number of carbonyl (C=O) groups excluding carboxylic acids is 2. The maximum absolute atomic E-state index is 11.8. The van der Waals surface area contributed by atoms with Crippen LogP contribution in [0.15, 0.2) is 6.20 Å². The molecule has 94 valence electrons. The Hall–Kier alpha value is -1.78. The third-order valence-corrected chi connectivity index (χ3v) is 2.57. The van der Waals surface area contributed by atoms with Gasteiger partial charge >= 0.3 is 11.9 Å². The number of ether oxygens (including phenoxy) is 2. The standard InChI is InChI=1S/C12H17NO4/c1-5-13-7-9(11(14)16-4)10(8(13)3)12(15)17-6-2/h7H,5-6H2,1-4H3. The van der Waals surface area contributed by atoms with E-state index in [0.717, 1.165) is 0 Å². The van der Waals surface area contributed by atoms with E-state index in [2.05, 4.69) is 4.74 Å². The molecule has 0 amide bonds. The topological polar surface area (TPSA) is 57.5 Å². The lowest BCUT2D eigenvalue weighted by molar-refractivity contribution is 0.0504. The number of methoxy groups -OCH3 is 1. The molecule has 0 spiro atoms. The van der Waals surface area contributed by atoms with Gasteiger partial charge in [0.25, 0.3) is 0 Å². The molecule has 0 saturated carbocycles. The van der Waals surface area contributed by atoms with Crippen molar-refractivity contribution in [1.29, 1.82) is 0 Å². The Balaban J connectivity index is 3.28. The fraction of sp³-hybridized carbons (Fsp3) is 0.500. The Kier molecular flexibility index (Phi) is 4.31. The van der Waals surface area contributed by atoms with Gasteiger partial charge in [-0.1, -0.05) is 0 Å². The Morgan fingerprint density at radius 3 is 2.41 bits per heavy atom. The van der Waals surface area contributed by atoms with Crippen molar-refractivity contribution in [2.24, 2.45) is 0 Å². The van der Waals surface area contributed by atoms with Gasteiger partial charge in [-0.2, -0.15) is 0 Å². The number of esters is 2. The average Bonchev–Trinajstić information content (AvgIpc) is 2.65. The number of aromatic nitrogens is 1. The van der Waals surface area contributed by atoms with E-state index in [-0.39, 0.29) is 12.2 Å². The van der Waals surface area contributed by atoms with Crippen LogP contribution in [-0.4, -0.2) is 30.2 Å². The maximum Gasteiger partial charge on any atom is 0.340 e. The van der Waals surface area contributed by atoms with Gasteiger partial charge in [-0.05, 0) is 20.8 Å². The molecule has 1 aromatic rings. The van der Waals surface area contributed by atoms with Gasteiger partial charge in [0, 0.05) is 18.4 Å². The van der Waals surface area contributed by atoms with Crippen LogP contribution in [0.25, 0.3) is 0 Å². The normalized spacial score (nSPS) is 10.1. The van der Waals surface area contributed by atoms with E-state index in [1.54, 1.807) is 20.0 Å². The number of nitrogens with zero attached hydrogens (tertiary/aromatic N) is 1. The summed E-state index contributed by atoms with van der Waals surface area (Å²) in [5, 5.41) is 0. The molecule has 1 aromatic heterocycles. The molecule has 5 heteroatoms. The molecular weight excluding hydrogens is 222 g/mol. The smallest absolute Gasteiger partial charge is 0.340 e. The van der Waals surface area contributed by atoms with Crippen molar-refractivity contribution in [3.05, 3.63) is 23.0 Å². The lowest BCUT2D eigenvalue weighted by Crippen LogP contribution is -2.12. The summed E-state index contributed by atoms with van der Waals surface area (Å²) < 4.78 is 11.4. The van der Waals surface area contributed by atoms with Crippen LogP contribution in [-0.2, 0) is 16.0 Å². The summed E-state index contributed by atoms with van der Waals surface area (Å²) in [7, 11) is 1.29. The highest BCUT2D eigenvalue weighted by Gasteiger charge is 2.24. The molecule has 0 radical (unpaired) electrons. The van der Waals surface area contributed by atoms with E-state index in [9.17, 15) is 9.59 Å². The van der Waals surface area contributed by atoms with Gasteiger partial charge in [0.1, 0.15) is 0 Å². The highest BCUT2D eigenvalue weighted by molar-refractivity contribution is 6.04. The number of carbonyl (C=O) groups is 2.